The summed E-state index contributed by atoms with van der Waals surface area (Å²) < 4.78 is 2.07. The first-order valence-corrected chi connectivity index (χ1v) is 6.77. The standard InChI is InChI=1S/C15H22N4O/c1-10(17-9-15(2,3)14(16)20)13-18-11-7-5-6-8-12(11)19(13)4/h5-8,10,17H,9H2,1-4H3,(H2,16,20). The van der Waals surface area contributed by atoms with Gasteiger partial charge in [-0.2, -0.15) is 0 Å². The molecule has 0 bridgehead atoms. The van der Waals surface area contributed by atoms with E-state index in [2.05, 4.69) is 14.9 Å². The molecule has 2 rings (SSSR count). The van der Waals surface area contributed by atoms with E-state index in [1.807, 2.05) is 52.1 Å². The van der Waals surface area contributed by atoms with Gasteiger partial charge in [0.2, 0.25) is 5.91 Å². The molecule has 0 radical (unpaired) electrons. The summed E-state index contributed by atoms with van der Waals surface area (Å²) in [6.45, 7) is 6.24. The molecule has 0 saturated carbocycles. The minimum absolute atomic E-state index is 0.0472. The molecule has 0 saturated heterocycles. The van der Waals surface area contributed by atoms with E-state index in [-0.39, 0.29) is 11.9 Å². The number of nitrogens with two attached hydrogens (primary N) is 1. The van der Waals surface area contributed by atoms with Crippen LogP contribution in [0.15, 0.2) is 24.3 Å². The summed E-state index contributed by atoms with van der Waals surface area (Å²) in [6, 6.07) is 8.08. The summed E-state index contributed by atoms with van der Waals surface area (Å²) in [5.74, 6) is 0.647. The number of hydrogen-bond acceptors (Lipinski definition) is 3. The molecule has 3 N–H and O–H groups in total. The highest BCUT2D eigenvalue weighted by Crippen LogP contribution is 2.20. The van der Waals surface area contributed by atoms with Gasteiger partial charge < -0.3 is 15.6 Å². The van der Waals surface area contributed by atoms with Crippen molar-refractivity contribution in [3.8, 4) is 0 Å². The molecule has 0 aliphatic heterocycles. The lowest BCUT2D eigenvalue weighted by Crippen LogP contribution is -2.41. The number of aromatic nitrogens is 2. The van der Waals surface area contributed by atoms with Crippen molar-refractivity contribution in [2.24, 2.45) is 18.2 Å². The van der Waals surface area contributed by atoms with Crippen molar-refractivity contribution in [3.63, 3.8) is 0 Å². The summed E-state index contributed by atoms with van der Waals surface area (Å²) >= 11 is 0. The Labute approximate surface area is 119 Å². The van der Waals surface area contributed by atoms with Gasteiger partial charge in [-0.3, -0.25) is 4.79 Å². The number of primary amides is 1. The van der Waals surface area contributed by atoms with Gasteiger partial charge in [-0.25, -0.2) is 4.98 Å². The smallest absolute Gasteiger partial charge is 0.224 e. The van der Waals surface area contributed by atoms with Gasteiger partial charge in [-0.05, 0) is 32.9 Å². The molecule has 0 fully saturated rings. The van der Waals surface area contributed by atoms with Crippen molar-refractivity contribution >= 4 is 16.9 Å². The van der Waals surface area contributed by atoms with E-state index >= 15 is 0 Å². The number of amides is 1. The molecule has 1 atom stereocenters. The van der Waals surface area contributed by atoms with Gasteiger partial charge in [0, 0.05) is 13.6 Å². The number of fused-ring (bicyclic) bond motifs is 1. The Morgan fingerprint density at radius 3 is 2.70 bits per heavy atom. The lowest BCUT2D eigenvalue weighted by Gasteiger charge is -2.23. The topological polar surface area (TPSA) is 72.9 Å². The second-order valence-electron chi connectivity index (χ2n) is 5.87. The highest BCUT2D eigenvalue weighted by Gasteiger charge is 2.26. The van der Waals surface area contributed by atoms with E-state index < -0.39 is 5.41 Å². The molecule has 0 aliphatic rings. The summed E-state index contributed by atoms with van der Waals surface area (Å²) in [6.07, 6.45) is 0. The lowest BCUT2D eigenvalue weighted by molar-refractivity contribution is -0.125. The van der Waals surface area contributed by atoms with Crippen LogP contribution in [0.1, 0.15) is 32.6 Å². The molecule has 1 aromatic heterocycles. The predicted molar refractivity (Wildman–Crippen MR) is 80.1 cm³/mol. The number of rotatable bonds is 5. The third-order valence-corrected chi connectivity index (χ3v) is 3.73. The number of carbonyl (C=O) groups excluding carboxylic acids is 1. The maximum atomic E-state index is 11.3. The first-order valence-electron chi connectivity index (χ1n) is 6.77. The number of para-hydroxylation sites is 2. The van der Waals surface area contributed by atoms with E-state index in [0.717, 1.165) is 16.9 Å². The van der Waals surface area contributed by atoms with Crippen molar-refractivity contribution in [1.82, 2.24) is 14.9 Å². The van der Waals surface area contributed by atoms with Gasteiger partial charge in [-0.15, -0.1) is 0 Å². The Morgan fingerprint density at radius 2 is 2.10 bits per heavy atom. The Balaban J connectivity index is 2.18. The Bertz CT molecular complexity index is 630. The average molecular weight is 274 g/mol. The first kappa shape index (κ1) is 14.5. The monoisotopic (exact) mass is 274 g/mol. The van der Waals surface area contributed by atoms with Gasteiger partial charge >= 0.3 is 0 Å². The second kappa shape index (κ2) is 5.25. The summed E-state index contributed by atoms with van der Waals surface area (Å²) in [4.78, 5) is 16.0. The van der Waals surface area contributed by atoms with Crippen molar-refractivity contribution in [1.29, 1.82) is 0 Å². The van der Waals surface area contributed by atoms with Crippen molar-refractivity contribution in [2.75, 3.05) is 6.54 Å². The van der Waals surface area contributed by atoms with Crippen molar-refractivity contribution < 1.29 is 4.79 Å². The maximum Gasteiger partial charge on any atom is 0.224 e. The molecule has 2 aromatic rings. The van der Waals surface area contributed by atoms with E-state index in [0.29, 0.717) is 6.54 Å². The summed E-state index contributed by atoms with van der Waals surface area (Å²) in [5, 5.41) is 3.34. The fourth-order valence-electron chi connectivity index (χ4n) is 2.14. The number of nitrogens with zero attached hydrogens (tertiary/aromatic N) is 2. The zero-order chi connectivity index (χ0) is 14.9. The maximum absolute atomic E-state index is 11.3. The van der Waals surface area contributed by atoms with Gasteiger partial charge in [-0.1, -0.05) is 12.1 Å². The van der Waals surface area contributed by atoms with Crippen LogP contribution < -0.4 is 11.1 Å². The summed E-state index contributed by atoms with van der Waals surface area (Å²) in [7, 11) is 2.00. The average Bonchev–Trinajstić information content (AvgIpc) is 2.74. The van der Waals surface area contributed by atoms with Gasteiger partial charge in [0.25, 0.3) is 0 Å². The van der Waals surface area contributed by atoms with Crippen LogP contribution in [0, 0.1) is 5.41 Å². The molecular weight excluding hydrogens is 252 g/mol. The van der Waals surface area contributed by atoms with Crippen LogP contribution in [0.4, 0.5) is 0 Å². The Hall–Kier alpha value is -1.88. The van der Waals surface area contributed by atoms with Crippen molar-refractivity contribution in [2.45, 2.75) is 26.8 Å². The Morgan fingerprint density at radius 1 is 1.45 bits per heavy atom. The zero-order valence-electron chi connectivity index (χ0n) is 12.5. The van der Waals surface area contributed by atoms with Crippen LogP contribution in [0.2, 0.25) is 0 Å². The molecule has 20 heavy (non-hydrogen) atoms. The number of hydrogen-bond donors (Lipinski definition) is 2. The number of carbonyl (C=O) groups is 1. The minimum atomic E-state index is -0.571. The van der Waals surface area contributed by atoms with Gasteiger partial charge in [0.1, 0.15) is 5.82 Å². The van der Waals surface area contributed by atoms with Crippen molar-refractivity contribution in [3.05, 3.63) is 30.1 Å². The van der Waals surface area contributed by atoms with Crippen LogP contribution >= 0.6 is 0 Å². The molecule has 5 heteroatoms. The highest BCUT2D eigenvalue weighted by molar-refractivity contribution is 5.80. The van der Waals surface area contributed by atoms with Gasteiger partial charge in [0.05, 0.1) is 22.5 Å². The fourth-order valence-corrected chi connectivity index (χ4v) is 2.14. The number of aryl methyl sites for hydroxylation is 1. The molecule has 1 unspecified atom stereocenters. The summed E-state index contributed by atoms with van der Waals surface area (Å²) in [5.41, 5.74) is 6.90. The molecule has 0 aliphatic carbocycles. The molecular formula is C15H22N4O. The molecule has 5 nitrogen and oxygen atoms in total. The molecule has 108 valence electrons. The van der Waals surface area contributed by atoms with Crippen LogP contribution in [0.3, 0.4) is 0 Å². The molecule has 1 heterocycles. The van der Waals surface area contributed by atoms with E-state index in [9.17, 15) is 4.79 Å². The van der Waals surface area contributed by atoms with E-state index in [4.69, 9.17) is 5.73 Å². The Kier molecular flexibility index (Phi) is 3.81. The number of imidazole rings is 1. The SMILES string of the molecule is CC(NCC(C)(C)C(N)=O)c1nc2ccccc2n1C. The van der Waals surface area contributed by atoms with Crippen LogP contribution in [0.25, 0.3) is 11.0 Å². The third-order valence-electron chi connectivity index (χ3n) is 3.73. The fraction of sp³-hybridized carbons (Fsp3) is 0.467. The second-order valence-corrected chi connectivity index (χ2v) is 5.87. The van der Waals surface area contributed by atoms with E-state index in [1.165, 1.54) is 0 Å². The normalized spacial score (nSPS) is 13.6. The quantitative estimate of drug-likeness (QED) is 0.872. The minimum Gasteiger partial charge on any atom is -0.369 e. The van der Waals surface area contributed by atoms with Crippen LogP contribution in [0.5, 0.6) is 0 Å². The molecule has 0 spiro atoms. The van der Waals surface area contributed by atoms with E-state index in [1.54, 1.807) is 0 Å². The predicted octanol–water partition coefficient (Wildman–Crippen LogP) is 1.74. The zero-order valence-corrected chi connectivity index (χ0v) is 12.5. The highest BCUT2D eigenvalue weighted by atomic mass is 16.1. The number of benzene rings is 1. The first-order chi connectivity index (χ1) is 9.33. The largest absolute Gasteiger partial charge is 0.369 e. The van der Waals surface area contributed by atoms with Crippen LogP contribution in [-0.4, -0.2) is 22.0 Å². The van der Waals surface area contributed by atoms with Crippen LogP contribution in [-0.2, 0) is 11.8 Å². The third kappa shape index (κ3) is 2.67. The molecule has 1 aromatic carbocycles. The number of nitrogens with one attached hydrogen (secondary N) is 1. The van der Waals surface area contributed by atoms with Gasteiger partial charge in [0.15, 0.2) is 0 Å². The lowest BCUT2D eigenvalue weighted by atomic mass is 9.92. The molecule has 1 amide bonds.